The molecule has 0 N–H and O–H groups in total. The average Bonchev–Trinajstić information content (AvgIpc) is 3.63. The number of fused-ring (bicyclic) bond motifs is 2. The standard InChI is InChI=1S/C36H24N8.Pt/c1-3-13-25(14-4-1)43-31-21-9-7-17-29(31)39-35(43)41-33-23-11-19-27(37-33)28-20-12-24-34(38-28)42-36-40-30-18-8-10-22-32(30)44(36)26-15-5-2-6-16-26;/h1-24H;/q-2;+2. The number of benzene rings is 4. The van der Waals surface area contributed by atoms with Crippen LogP contribution in [0.2, 0.25) is 0 Å². The number of nitrogens with zero attached hydrogens (tertiary/aromatic N) is 8. The van der Waals surface area contributed by atoms with Gasteiger partial charge in [0.15, 0.2) is 0 Å². The molecule has 0 saturated carbocycles. The van der Waals surface area contributed by atoms with Crippen molar-refractivity contribution < 1.29 is 21.1 Å². The summed E-state index contributed by atoms with van der Waals surface area (Å²) in [4.78, 5) is 29.1. The van der Waals surface area contributed by atoms with Crippen LogP contribution in [0.3, 0.4) is 0 Å². The molecule has 4 heterocycles. The Morgan fingerprint density at radius 1 is 0.422 bits per heavy atom. The molecule has 8 aromatic rings. The third-order valence-electron chi connectivity index (χ3n) is 7.28. The van der Waals surface area contributed by atoms with E-state index in [1.807, 2.05) is 155 Å². The summed E-state index contributed by atoms with van der Waals surface area (Å²) in [6.07, 6.45) is 0. The fourth-order valence-electron chi connectivity index (χ4n) is 5.30. The van der Waals surface area contributed by atoms with Crippen LogP contribution in [0.5, 0.6) is 0 Å². The van der Waals surface area contributed by atoms with Gasteiger partial charge in [0.1, 0.15) is 0 Å². The first-order chi connectivity index (χ1) is 21.8. The van der Waals surface area contributed by atoms with E-state index >= 15 is 0 Å². The van der Waals surface area contributed by atoms with Crippen molar-refractivity contribution in [3.8, 4) is 22.8 Å². The van der Waals surface area contributed by atoms with Crippen molar-refractivity contribution in [1.29, 1.82) is 0 Å². The Bertz CT molecular complexity index is 2230. The molecule has 0 aliphatic heterocycles. The van der Waals surface area contributed by atoms with Crippen LogP contribution >= 0.6 is 0 Å². The van der Waals surface area contributed by atoms with Crippen molar-refractivity contribution in [3.63, 3.8) is 0 Å². The van der Waals surface area contributed by atoms with E-state index in [0.29, 0.717) is 34.3 Å². The first-order valence-electron chi connectivity index (χ1n) is 14.2. The van der Waals surface area contributed by atoms with Crippen molar-refractivity contribution >= 4 is 33.7 Å². The second-order valence-electron chi connectivity index (χ2n) is 10.1. The summed E-state index contributed by atoms with van der Waals surface area (Å²) in [5, 5.41) is 0. The van der Waals surface area contributed by atoms with Crippen LogP contribution in [-0.2, 0) is 21.1 Å². The maximum absolute atomic E-state index is 4.88. The molecule has 0 fully saturated rings. The molecule has 218 valence electrons. The van der Waals surface area contributed by atoms with Crippen LogP contribution in [0.25, 0.3) is 44.8 Å². The van der Waals surface area contributed by atoms with E-state index in [-0.39, 0.29) is 21.1 Å². The van der Waals surface area contributed by atoms with E-state index in [0.717, 1.165) is 33.4 Å². The topological polar surface area (TPSA) is 88.6 Å². The smallest absolute Gasteiger partial charge is 0.367 e. The zero-order chi connectivity index (χ0) is 29.3. The Kier molecular flexibility index (Phi) is 7.64. The van der Waals surface area contributed by atoms with E-state index in [4.69, 9.17) is 29.9 Å². The monoisotopic (exact) mass is 763 g/mol. The SMILES string of the molecule is [Pt+2].c1ccc(-n2/c(=N/c3cccc(-c4cccc(/N=c5\[n-]c6ccccc6n5-c5ccccc5)n4)n3)[n-]c3ccccc32)cc1. The minimum absolute atomic E-state index is 0. The molecule has 0 aliphatic rings. The van der Waals surface area contributed by atoms with Crippen LogP contribution in [0.1, 0.15) is 0 Å². The summed E-state index contributed by atoms with van der Waals surface area (Å²) >= 11 is 0. The van der Waals surface area contributed by atoms with Gasteiger partial charge in [0.2, 0.25) is 0 Å². The summed E-state index contributed by atoms with van der Waals surface area (Å²) in [6.45, 7) is 0. The summed E-state index contributed by atoms with van der Waals surface area (Å²) in [5.41, 5.74) is 8.12. The third kappa shape index (κ3) is 5.48. The summed E-state index contributed by atoms with van der Waals surface area (Å²) in [6, 6.07) is 47.7. The quantitative estimate of drug-likeness (QED) is 0.203. The maximum atomic E-state index is 4.88. The van der Waals surface area contributed by atoms with E-state index in [1.165, 1.54) is 0 Å². The third-order valence-corrected chi connectivity index (χ3v) is 7.28. The number of hydrogen-bond acceptors (Lipinski definition) is 4. The number of imidazole rings is 2. The molecule has 0 aliphatic carbocycles. The normalized spacial score (nSPS) is 12.1. The van der Waals surface area contributed by atoms with Gasteiger partial charge in [-0.25, -0.2) is 9.97 Å². The van der Waals surface area contributed by atoms with Crippen LogP contribution < -0.4 is 21.2 Å². The Labute approximate surface area is 272 Å². The van der Waals surface area contributed by atoms with Gasteiger partial charge in [0, 0.05) is 33.3 Å². The molecule has 0 amide bonds. The Hall–Kier alpha value is -5.59. The second-order valence-corrected chi connectivity index (χ2v) is 10.1. The van der Waals surface area contributed by atoms with Gasteiger partial charge in [-0.3, -0.25) is 0 Å². The first-order valence-corrected chi connectivity index (χ1v) is 14.2. The number of aromatic nitrogens is 6. The van der Waals surface area contributed by atoms with E-state index in [9.17, 15) is 0 Å². The number of hydrogen-bond donors (Lipinski definition) is 0. The largest absolute Gasteiger partial charge is 2.00 e. The van der Waals surface area contributed by atoms with Crippen molar-refractivity contribution in [2.24, 2.45) is 9.98 Å². The van der Waals surface area contributed by atoms with Crippen molar-refractivity contribution in [2.45, 2.75) is 0 Å². The van der Waals surface area contributed by atoms with Crippen LogP contribution in [0.4, 0.5) is 11.6 Å². The Morgan fingerprint density at radius 2 is 0.822 bits per heavy atom. The zero-order valence-corrected chi connectivity index (χ0v) is 26.0. The van der Waals surface area contributed by atoms with Crippen molar-refractivity contribution in [1.82, 2.24) is 29.1 Å². The summed E-state index contributed by atoms with van der Waals surface area (Å²) < 4.78 is 4.08. The molecule has 0 bridgehead atoms. The molecule has 0 unspecified atom stereocenters. The summed E-state index contributed by atoms with van der Waals surface area (Å²) in [7, 11) is 0. The number of para-hydroxylation sites is 6. The maximum Gasteiger partial charge on any atom is 2.00 e. The van der Waals surface area contributed by atoms with Gasteiger partial charge < -0.3 is 29.1 Å². The van der Waals surface area contributed by atoms with Gasteiger partial charge in [-0.05, 0) is 35.6 Å². The van der Waals surface area contributed by atoms with Gasteiger partial charge in [0.05, 0.1) is 23.0 Å². The van der Waals surface area contributed by atoms with Gasteiger partial charge >= 0.3 is 21.1 Å². The molecule has 45 heavy (non-hydrogen) atoms. The predicted octanol–water partition coefficient (Wildman–Crippen LogP) is 6.41. The fourth-order valence-corrected chi connectivity index (χ4v) is 5.30. The van der Waals surface area contributed by atoms with Crippen molar-refractivity contribution in [2.75, 3.05) is 0 Å². The van der Waals surface area contributed by atoms with Crippen LogP contribution in [0, 0.1) is 0 Å². The second kappa shape index (κ2) is 12.2. The molecule has 8 nitrogen and oxygen atoms in total. The van der Waals surface area contributed by atoms with Gasteiger partial charge in [-0.15, -0.1) is 0 Å². The van der Waals surface area contributed by atoms with Gasteiger partial charge in [-0.1, -0.05) is 121 Å². The molecule has 0 atom stereocenters. The molecule has 8 rings (SSSR count). The van der Waals surface area contributed by atoms with Crippen LogP contribution in [-0.4, -0.2) is 19.1 Å². The van der Waals surface area contributed by atoms with E-state index in [2.05, 4.69) is 0 Å². The molecular weight excluding hydrogens is 740 g/mol. The Morgan fingerprint density at radius 3 is 1.27 bits per heavy atom. The number of rotatable bonds is 5. The first kappa shape index (κ1) is 28.2. The molecule has 4 aromatic heterocycles. The van der Waals surface area contributed by atoms with Crippen LogP contribution in [0.15, 0.2) is 156 Å². The number of pyridine rings is 2. The predicted molar refractivity (Wildman–Crippen MR) is 171 cm³/mol. The molecule has 0 radical (unpaired) electrons. The van der Waals surface area contributed by atoms with Gasteiger partial charge in [-0.2, -0.15) is 0 Å². The molecular formula is C36H24N8Pt. The van der Waals surface area contributed by atoms with Gasteiger partial charge in [0.25, 0.3) is 0 Å². The summed E-state index contributed by atoms with van der Waals surface area (Å²) in [5.74, 6) is 1.06. The fraction of sp³-hybridized carbons (Fsp3) is 0. The van der Waals surface area contributed by atoms with E-state index < -0.39 is 0 Å². The minimum atomic E-state index is 0. The Balaban J connectivity index is 0.00000325. The minimum Gasteiger partial charge on any atom is -0.367 e. The molecule has 0 saturated heterocycles. The molecule has 0 spiro atoms. The zero-order valence-electron chi connectivity index (χ0n) is 23.8. The van der Waals surface area contributed by atoms with E-state index in [1.54, 1.807) is 0 Å². The molecule has 4 aromatic carbocycles. The van der Waals surface area contributed by atoms with Crippen molar-refractivity contribution in [3.05, 3.63) is 157 Å². The molecule has 9 heteroatoms. The average molecular weight is 764 g/mol.